The number of methoxy groups -OCH3 is 1. The molecule has 2 rings (SSSR count). The van der Waals surface area contributed by atoms with Crippen LogP contribution in [-0.4, -0.2) is 26.1 Å². The molecule has 2 unspecified atom stereocenters. The molecule has 114 valence electrons. The highest BCUT2D eigenvalue weighted by molar-refractivity contribution is 5.97. The lowest BCUT2D eigenvalue weighted by molar-refractivity contribution is 0.0602. The minimum absolute atomic E-state index is 0.0152. The lowest BCUT2D eigenvalue weighted by atomic mass is 9.85. The van der Waals surface area contributed by atoms with E-state index in [1.165, 1.54) is 19.2 Å². The van der Waals surface area contributed by atoms with Crippen LogP contribution in [0.15, 0.2) is 30.4 Å². The van der Waals surface area contributed by atoms with E-state index in [2.05, 4.69) is 19.1 Å². The maximum Gasteiger partial charge on any atom is 0.188 e. The number of allylic oxidation sites excluding steroid dienone is 2. The molecule has 0 fully saturated rings. The molecule has 21 heavy (non-hydrogen) atoms. The molecule has 0 radical (unpaired) electrons. The lowest BCUT2D eigenvalue weighted by Crippen LogP contribution is -2.21. The van der Waals surface area contributed by atoms with E-state index in [-0.39, 0.29) is 18.1 Å². The summed E-state index contributed by atoms with van der Waals surface area (Å²) >= 11 is 0. The molecule has 0 saturated heterocycles. The van der Waals surface area contributed by atoms with Gasteiger partial charge in [-0.3, -0.25) is 4.79 Å². The normalized spacial score (nSPS) is 21.3. The third kappa shape index (κ3) is 4.14. The molecular weight excluding hydrogens is 271 g/mol. The Morgan fingerprint density at radius 1 is 1.33 bits per heavy atom. The summed E-state index contributed by atoms with van der Waals surface area (Å²) < 4.78 is 23.9. The Bertz CT molecular complexity index is 525. The van der Waals surface area contributed by atoms with E-state index in [0.717, 1.165) is 12.8 Å². The van der Waals surface area contributed by atoms with Gasteiger partial charge in [0.15, 0.2) is 17.3 Å². The van der Waals surface area contributed by atoms with Gasteiger partial charge in [-0.15, -0.1) is 0 Å². The molecule has 3 nitrogen and oxygen atoms in total. The summed E-state index contributed by atoms with van der Waals surface area (Å²) in [4.78, 5) is 12.0. The number of ketones is 1. The summed E-state index contributed by atoms with van der Waals surface area (Å²) in [6, 6.07) is 4.20. The van der Waals surface area contributed by atoms with Gasteiger partial charge in [-0.1, -0.05) is 19.1 Å². The molecule has 0 saturated carbocycles. The average Bonchev–Trinajstić information content (AvgIpc) is 2.49. The zero-order chi connectivity index (χ0) is 15.2. The van der Waals surface area contributed by atoms with Gasteiger partial charge in [-0.2, -0.15) is 0 Å². The van der Waals surface area contributed by atoms with Crippen molar-refractivity contribution in [1.29, 1.82) is 0 Å². The Hall–Kier alpha value is -1.68. The molecule has 4 heteroatoms. The van der Waals surface area contributed by atoms with Crippen LogP contribution in [0, 0.1) is 17.7 Å². The monoisotopic (exact) mass is 292 g/mol. The van der Waals surface area contributed by atoms with Gasteiger partial charge < -0.3 is 9.47 Å². The molecule has 2 atom stereocenters. The second-order valence-electron chi connectivity index (χ2n) is 5.47. The van der Waals surface area contributed by atoms with Crippen molar-refractivity contribution >= 4 is 5.78 Å². The van der Waals surface area contributed by atoms with Crippen LogP contribution in [0.25, 0.3) is 0 Å². The predicted molar refractivity (Wildman–Crippen MR) is 79.1 cm³/mol. The Morgan fingerprint density at radius 3 is 2.76 bits per heavy atom. The summed E-state index contributed by atoms with van der Waals surface area (Å²) in [6.07, 6.45) is 6.40. The topological polar surface area (TPSA) is 35.5 Å². The number of benzene rings is 1. The SMILES string of the molecule is COc1ccc(C(=O)COCC2CC=CCC2C)cc1F. The summed E-state index contributed by atoms with van der Waals surface area (Å²) in [5.41, 5.74) is 0.310. The number of hydrogen-bond donors (Lipinski definition) is 0. The van der Waals surface area contributed by atoms with Crippen LogP contribution in [0.1, 0.15) is 30.1 Å². The number of ether oxygens (including phenoxy) is 2. The number of Topliss-reactive ketones (excluding diaryl/α,β-unsaturated/α-hetero) is 1. The fourth-order valence-electron chi connectivity index (χ4n) is 2.47. The Morgan fingerprint density at radius 2 is 2.10 bits per heavy atom. The highest BCUT2D eigenvalue weighted by Crippen LogP contribution is 2.25. The van der Waals surface area contributed by atoms with E-state index in [1.807, 2.05) is 0 Å². The van der Waals surface area contributed by atoms with E-state index >= 15 is 0 Å². The summed E-state index contributed by atoms with van der Waals surface area (Å²) in [5.74, 6) is 0.416. The van der Waals surface area contributed by atoms with Gasteiger partial charge in [-0.05, 0) is 42.9 Å². The molecule has 1 aromatic carbocycles. The molecule has 0 aliphatic heterocycles. The number of hydrogen-bond acceptors (Lipinski definition) is 3. The van der Waals surface area contributed by atoms with Crippen LogP contribution in [0.4, 0.5) is 4.39 Å². The maximum atomic E-state index is 13.5. The molecule has 0 aromatic heterocycles. The summed E-state index contributed by atoms with van der Waals surface area (Å²) in [6.45, 7) is 2.74. The van der Waals surface area contributed by atoms with E-state index in [1.54, 1.807) is 6.07 Å². The Kier molecular flexibility index (Phi) is 5.51. The van der Waals surface area contributed by atoms with Gasteiger partial charge >= 0.3 is 0 Å². The van der Waals surface area contributed by atoms with Crippen molar-refractivity contribution in [2.24, 2.45) is 11.8 Å². The van der Waals surface area contributed by atoms with Gasteiger partial charge in [0.1, 0.15) is 6.61 Å². The minimum Gasteiger partial charge on any atom is -0.494 e. The molecule has 1 aromatic rings. The second kappa shape index (κ2) is 7.36. The van der Waals surface area contributed by atoms with Gasteiger partial charge in [0, 0.05) is 5.56 Å². The number of halogens is 1. The van der Waals surface area contributed by atoms with Crippen molar-refractivity contribution in [1.82, 2.24) is 0 Å². The largest absolute Gasteiger partial charge is 0.494 e. The third-order valence-corrected chi connectivity index (χ3v) is 3.96. The summed E-state index contributed by atoms with van der Waals surface area (Å²) in [7, 11) is 1.39. The van der Waals surface area contributed by atoms with Crippen molar-refractivity contribution in [3.63, 3.8) is 0 Å². The van der Waals surface area contributed by atoms with Gasteiger partial charge in [-0.25, -0.2) is 4.39 Å². The van der Waals surface area contributed by atoms with Crippen LogP contribution in [0.5, 0.6) is 5.75 Å². The van der Waals surface area contributed by atoms with Crippen molar-refractivity contribution in [3.8, 4) is 5.75 Å². The van der Waals surface area contributed by atoms with Crippen LogP contribution in [0.2, 0.25) is 0 Å². The molecule has 1 aliphatic rings. The van der Waals surface area contributed by atoms with E-state index in [4.69, 9.17) is 9.47 Å². The molecule has 0 heterocycles. The molecule has 0 N–H and O–H groups in total. The fraction of sp³-hybridized carbons (Fsp3) is 0.471. The summed E-state index contributed by atoms with van der Waals surface area (Å²) in [5, 5.41) is 0. The zero-order valence-electron chi connectivity index (χ0n) is 12.5. The average molecular weight is 292 g/mol. The molecular formula is C17H21FO3. The molecule has 0 spiro atoms. The van der Waals surface area contributed by atoms with Crippen LogP contribution >= 0.6 is 0 Å². The first-order valence-corrected chi connectivity index (χ1v) is 7.21. The number of rotatable bonds is 6. The molecule has 1 aliphatic carbocycles. The fourth-order valence-corrected chi connectivity index (χ4v) is 2.47. The third-order valence-electron chi connectivity index (χ3n) is 3.96. The predicted octanol–water partition coefficient (Wildman–Crippen LogP) is 3.64. The minimum atomic E-state index is -0.533. The van der Waals surface area contributed by atoms with Gasteiger partial charge in [0.05, 0.1) is 13.7 Å². The lowest BCUT2D eigenvalue weighted by Gasteiger charge is -2.24. The van der Waals surface area contributed by atoms with Crippen LogP contribution < -0.4 is 4.74 Å². The smallest absolute Gasteiger partial charge is 0.188 e. The Balaban J connectivity index is 1.84. The quantitative estimate of drug-likeness (QED) is 0.593. The number of carbonyl (C=O) groups excluding carboxylic acids is 1. The first-order valence-electron chi connectivity index (χ1n) is 7.21. The highest BCUT2D eigenvalue weighted by Gasteiger charge is 2.19. The molecule has 0 amide bonds. The first-order chi connectivity index (χ1) is 10.1. The van der Waals surface area contributed by atoms with Gasteiger partial charge in [0.25, 0.3) is 0 Å². The zero-order valence-corrected chi connectivity index (χ0v) is 12.5. The van der Waals surface area contributed by atoms with Crippen molar-refractivity contribution in [2.45, 2.75) is 19.8 Å². The Labute approximate surface area is 124 Å². The van der Waals surface area contributed by atoms with Crippen LogP contribution in [-0.2, 0) is 4.74 Å². The first kappa shape index (κ1) is 15.7. The van der Waals surface area contributed by atoms with Crippen molar-refractivity contribution in [2.75, 3.05) is 20.3 Å². The highest BCUT2D eigenvalue weighted by atomic mass is 19.1. The van der Waals surface area contributed by atoms with Crippen molar-refractivity contribution in [3.05, 3.63) is 41.7 Å². The standard InChI is InChI=1S/C17H21FO3/c1-12-5-3-4-6-14(12)10-21-11-16(19)13-7-8-17(20-2)15(18)9-13/h3-4,7-9,12,14H,5-6,10-11H2,1-2H3. The van der Waals surface area contributed by atoms with Crippen LogP contribution in [0.3, 0.4) is 0 Å². The van der Waals surface area contributed by atoms with E-state index < -0.39 is 5.82 Å². The molecule has 0 bridgehead atoms. The van der Waals surface area contributed by atoms with Gasteiger partial charge in [0.2, 0.25) is 0 Å². The number of carbonyl (C=O) groups is 1. The maximum absolute atomic E-state index is 13.5. The van der Waals surface area contributed by atoms with E-state index in [0.29, 0.717) is 24.0 Å². The van der Waals surface area contributed by atoms with E-state index in [9.17, 15) is 9.18 Å². The second-order valence-corrected chi connectivity index (χ2v) is 5.47. The van der Waals surface area contributed by atoms with Crippen molar-refractivity contribution < 1.29 is 18.7 Å².